The summed E-state index contributed by atoms with van der Waals surface area (Å²) in [5.74, 6) is 0.238. The molecule has 3 aromatic rings. The number of amides is 1. The number of hydrogen-bond acceptors (Lipinski definition) is 5. The average molecular weight is 382 g/mol. The highest BCUT2D eigenvalue weighted by Gasteiger charge is 2.09. The fourth-order valence-corrected chi connectivity index (χ4v) is 2.69. The summed E-state index contributed by atoms with van der Waals surface area (Å²) in [5.41, 5.74) is 3.87. The summed E-state index contributed by atoms with van der Waals surface area (Å²) >= 11 is 5.96. The number of aromatic nitrogens is 2. The van der Waals surface area contributed by atoms with E-state index in [-0.39, 0.29) is 11.6 Å². The van der Waals surface area contributed by atoms with Crippen molar-refractivity contribution >= 4 is 40.4 Å². The normalized spacial score (nSPS) is 10.4. The lowest BCUT2D eigenvalue weighted by atomic mass is 10.2. The number of carbonyl (C=O) groups is 1. The SMILES string of the molecule is Cc1cc(Cl)ccc1Nc1ccc(C(=O)Nc2ccc(N(C)C)cc2)nn1. The number of anilines is 4. The molecule has 1 heterocycles. The van der Waals surface area contributed by atoms with Gasteiger partial charge in [0.15, 0.2) is 11.5 Å². The molecule has 27 heavy (non-hydrogen) atoms. The van der Waals surface area contributed by atoms with Crippen molar-refractivity contribution < 1.29 is 4.79 Å². The predicted octanol–water partition coefficient (Wildman–Crippen LogP) is 4.50. The third kappa shape index (κ3) is 4.74. The first-order chi connectivity index (χ1) is 12.9. The largest absolute Gasteiger partial charge is 0.378 e. The minimum atomic E-state index is -0.311. The zero-order chi connectivity index (χ0) is 19.4. The quantitative estimate of drug-likeness (QED) is 0.680. The van der Waals surface area contributed by atoms with Crippen molar-refractivity contribution in [3.05, 3.63) is 70.9 Å². The van der Waals surface area contributed by atoms with Gasteiger partial charge >= 0.3 is 0 Å². The Morgan fingerprint density at radius 3 is 2.33 bits per heavy atom. The number of rotatable bonds is 5. The number of halogens is 1. The van der Waals surface area contributed by atoms with Crippen LogP contribution in [0.2, 0.25) is 5.02 Å². The Morgan fingerprint density at radius 1 is 1.00 bits per heavy atom. The van der Waals surface area contributed by atoms with Gasteiger partial charge in [-0.25, -0.2) is 0 Å². The Kier molecular flexibility index (Phi) is 5.57. The molecule has 0 unspecified atom stereocenters. The molecule has 0 fully saturated rings. The van der Waals surface area contributed by atoms with E-state index in [9.17, 15) is 4.79 Å². The number of aryl methyl sites for hydroxylation is 1. The first kappa shape index (κ1) is 18.7. The summed E-state index contributed by atoms with van der Waals surface area (Å²) in [5, 5.41) is 14.7. The monoisotopic (exact) mass is 381 g/mol. The standard InChI is InChI=1S/C20H20ClN5O/c1-13-12-14(21)4-9-17(13)23-19-11-10-18(24-25-19)20(27)22-15-5-7-16(8-6-15)26(2)3/h4-12H,1-3H3,(H,22,27)(H,23,25). The smallest absolute Gasteiger partial charge is 0.276 e. The summed E-state index contributed by atoms with van der Waals surface area (Å²) in [6.07, 6.45) is 0. The third-order valence-electron chi connectivity index (χ3n) is 3.99. The second-order valence-electron chi connectivity index (χ2n) is 6.28. The van der Waals surface area contributed by atoms with Gasteiger partial charge in [0, 0.05) is 36.2 Å². The molecule has 0 saturated heterocycles. The Hall–Kier alpha value is -3.12. The zero-order valence-corrected chi connectivity index (χ0v) is 16.1. The summed E-state index contributed by atoms with van der Waals surface area (Å²) in [4.78, 5) is 14.3. The highest BCUT2D eigenvalue weighted by Crippen LogP contribution is 2.22. The van der Waals surface area contributed by atoms with Crippen LogP contribution in [0.4, 0.5) is 22.9 Å². The van der Waals surface area contributed by atoms with Gasteiger partial charge in [-0.15, -0.1) is 10.2 Å². The number of nitrogens with zero attached hydrogens (tertiary/aromatic N) is 3. The van der Waals surface area contributed by atoms with E-state index in [1.54, 1.807) is 18.2 Å². The Labute approximate surface area is 163 Å². The van der Waals surface area contributed by atoms with E-state index >= 15 is 0 Å². The number of nitrogens with one attached hydrogen (secondary N) is 2. The van der Waals surface area contributed by atoms with Crippen molar-refractivity contribution in [2.24, 2.45) is 0 Å². The Bertz CT molecular complexity index is 940. The summed E-state index contributed by atoms with van der Waals surface area (Å²) < 4.78 is 0. The molecule has 0 radical (unpaired) electrons. The van der Waals surface area contributed by atoms with Gasteiger partial charge in [-0.2, -0.15) is 0 Å². The molecular formula is C20H20ClN5O. The van der Waals surface area contributed by atoms with Crippen LogP contribution in [0.3, 0.4) is 0 Å². The first-order valence-corrected chi connectivity index (χ1v) is 8.76. The lowest BCUT2D eigenvalue weighted by Gasteiger charge is -2.13. The van der Waals surface area contributed by atoms with Gasteiger partial charge in [-0.1, -0.05) is 11.6 Å². The van der Waals surface area contributed by atoms with Gasteiger partial charge in [0.05, 0.1) is 0 Å². The van der Waals surface area contributed by atoms with Gasteiger partial charge in [-0.3, -0.25) is 4.79 Å². The van der Waals surface area contributed by atoms with Crippen molar-refractivity contribution in [2.75, 3.05) is 29.6 Å². The van der Waals surface area contributed by atoms with E-state index in [2.05, 4.69) is 20.8 Å². The molecule has 0 saturated carbocycles. The van der Waals surface area contributed by atoms with Crippen LogP contribution in [0.1, 0.15) is 16.1 Å². The number of carbonyl (C=O) groups excluding carboxylic acids is 1. The van der Waals surface area contributed by atoms with Crippen molar-refractivity contribution in [3.8, 4) is 0 Å². The summed E-state index contributed by atoms with van der Waals surface area (Å²) in [7, 11) is 3.93. The van der Waals surface area contributed by atoms with E-state index in [1.807, 2.05) is 62.3 Å². The molecule has 138 valence electrons. The van der Waals surface area contributed by atoms with E-state index < -0.39 is 0 Å². The van der Waals surface area contributed by atoms with E-state index in [0.717, 1.165) is 16.9 Å². The van der Waals surface area contributed by atoms with Gasteiger partial charge in [0.1, 0.15) is 0 Å². The van der Waals surface area contributed by atoms with E-state index in [4.69, 9.17) is 11.6 Å². The lowest BCUT2D eigenvalue weighted by molar-refractivity contribution is 0.102. The average Bonchev–Trinajstić information content (AvgIpc) is 2.65. The van der Waals surface area contributed by atoms with Crippen LogP contribution < -0.4 is 15.5 Å². The van der Waals surface area contributed by atoms with Crippen LogP contribution in [0.15, 0.2) is 54.6 Å². The third-order valence-corrected chi connectivity index (χ3v) is 4.23. The molecule has 0 bridgehead atoms. The molecule has 0 aliphatic heterocycles. The lowest BCUT2D eigenvalue weighted by Crippen LogP contribution is -2.15. The molecule has 6 nitrogen and oxygen atoms in total. The van der Waals surface area contributed by atoms with Crippen LogP contribution >= 0.6 is 11.6 Å². The molecule has 0 spiro atoms. The Balaban J connectivity index is 1.66. The minimum absolute atomic E-state index is 0.241. The van der Waals surface area contributed by atoms with E-state index in [1.165, 1.54) is 0 Å². The summed E-state index contributed by atoms with van der Waals surface area (Å²) in [6.45, 7) is 1.95. The van der Waals surface area contributed by atoms with Crippen LogP contribution in [0, 0.1) is 6.92 Å². The summed E-state index contributed by atoms with van der Waals surface area (Å²) in [6, 6.07) is 16.4. The molecule has 7 heteroatoms. The molecule has 2 aromatic carbocycles. The molecule has 0 atom stereocenters. The maximum Gasteiger partial charge on any atom is 0.276 e. The molecular weight excluding hydrogens is 362 g/mol. The molecule has 1 aromatic heterocycles. The van der Waals surface area contributed by atoms with Crippen LogP contribution in [-0.2, 0) is 0 Å². The second-order valence-corrected chi connectivity index (χ2v) is 6.72. The Morgan fingerprint density at radius 2 is 1.74 bits per heavy atom. The topological polar surface area (TPSA) is 70.2 Å². The maximum atomic E-state index is 12.3. The predicted molar refractivity (Wildman–Crippen MR) is 110 cm³/mol. The molecule has 3 rings (SSSR count). The van der Waals surface area contributed by atoms with Gasteiger partial charge in [0.2, 0.25) is 0 Å². The molecule has 0 aliphatic carbocycles. The first-order valence-electron chi connectivity index (χ1n) is 8.38. The highest BCUT2D eigenvalue weighted by atomic mass is 35.5. The highest BCUT2D eigenvalue weighted by molar-refractivity contribution is 6.30. The fourth-order valence-electron chi connectivity index (χ4n) is 2.46. The van der Waals surface area contributed by atoms with Gasteiger partial charge in [-0.05, 0) is 67.1 Å². The van der Waals surface area contributed by atoms with Crippen molar-refractivity contribution in [2.45, 2.75) is 6.92 Å². The van der Waals surface area contributed by atoms with Crippen molar-refractivity contribution in [1.82, 2.24) is 10.2 Å². The maximum absolute atomic E-state index is 12.3. The van der Waals surface area contributed by atoms with Gasteiger partial charge in [0.25, 0.3) is 5.91 Å². The zero-order valence-electron chi connectivity index (χ0n) is 15.3. The molecule has 1 amide bonds. The molecule has 0 aliphatic rings. The number of hydrogen-bond donors (Lipinski definition) is 2. The van der Waals surface area contributed by atoms with Crippen LogP contribution in [0.5, 0.6) is 0 Å². The van der Waals surface area contributed by atoms with Crippen molar-refractivity contribution in [3.63, 3.8) is 0 Å². The van der Waals surface area contributed by atoms with Crippen LogP contribution in [-0.4, -0.2) is 30.2 Å². The van der Waals surface area contributed by atoms with Gasteiger partial charge < -0.3 is 15.5 Å². The second kappa shape index (κ2) is 8.05. The number of benzene rings is 2. The minimum Gasteiger partial charge on any atom is -0.378 e. The van der Waals surface area contributed by atoms with E-state index in [0.29, 0.717) is 16.5 Å². The van der Waals surface area contributed by atoms with Crippen molar-refractivity contribution in [1.29, 1.82) is 0 Å². The fraction of sp³-hybridized carbons (Fsp3) is 0.150. The van der Waals surface area contributed by atoms with Crippen LogP contribution in [0.25, 0.3) is 0 Å². The molecule has 2 N–H and O–H groups in total.